The Morgan fingerprint density at radius 3 is 2.77 bits per heavy atom. The van der Waals surface area contributed by atoms with Gasteiger partial charge in [-0.25, -0.2) is 0 Å². The van der Waals surface area contributed by atoms with Crippen LogP contribution in [0.15, 0.2) is 66.8 Å². The number of carbonyl (C=O) groups excluding carboxylic acids is 1. The Kier molecular flexibility index (Phi) is 6.23. The van der Waals surface area contributed by atoms with E-state index in [2.05, 4.69) is 11.9 Å². The van der Waals surface area contributed by atoms with E-state index in [9.17, 15) is 20.2 Å². The van der Waals surface area contributed by atoms with E-state index >= 15 is 0 Å². The maximum atomic E-state index is 12.3. The fourth-order valence-electron chi connectivity index (χ4n) is 2.06. The van der Waals surface area contributed by atoms with Gasteiger partial charge in [-0.15, -0.1) is 0 Å². The molecule has 0 radical (unpaired) electrons. The third-order valence-corrected chi connectivity index (χ3v) is 3.22. The Morgan fingerprint density at radius 1 is 1.31 bits per heavy atom. The van der Waals surface area contributed by atoms with E-state index in [1.165, 1.54) is 30.3 Å². The summed E-state index contributed by atoms with van der Waals surface area (Å²) in [5, 5.41) is 22.5. The summed E-state index contributed by atoms with van der Waals surface area (Å²) >= 11 is 0. The van der Waals surface area contributed by atoms with E-state index in [1.54, 1.807) is 30.3 Å². The number of non-ortho nitro benzene ring substituents is 1. The van der Waals surface area contributed by atoms with Crippen LogP contribution in [-0.2, 0) is 4.79 Å². The quantitative estimate of drug-likeness (QED) is 0.270. The predicted octanol–water partition coefficient (Wildman–Crippen LogP) is 3.71. The van der Waals surface area contributed by atoms with E-state index in [0.29, 0.717) is 17.9 Å². The molecule has 2 aromatic rings. The van der Waals surface area contributed by atoms with Crippen LogP contribution in [0.1, 0.15) is 5.56 Å². The number of nitro benzene ring substituents is 1. The SMILES string of the molecule is C=CCOc1cccc(/C=C(/C#N)C(=O)Nc2cccc([N+](=O)[O-])c2)c1. The van der Waals surface area contributed by atoms with E-state index < -0.39 is 10.8 Å². The van der Waals surface area contributed by atoms with Gasteiger partial charge in [0.1, 0.15) is 24.0 Å². The van der Waals surface area contributed by atoms with Crippen LogP contribution in [-0.4, -0.2) is 17.4 Å². The summed E-state index contributed by atoms with van der Waals surface area (Å²) in [6, 6.07) is 14.2. The molecule has 7 heteroatoms. The van der Waals surface area contributed by atoms with Gasteiger partial charge in [0.2, 0.25) is 0 Å². The van der Waals surface area contributed by atoms with Crippen LogP contribution in [0.5, 0.6) is 5.75 Å². The number of anilines is 1. The average Bonchev–Trinajstić information content (AvgIpc) is 2.64. The zero-order chi connectivity index (χ0) is 18.9. The van der Waals surface area contributed by atoms with Crippen LogP contribution >= 0.6 is 0 Å². The fourth-order valence-corrected chi connectivity index (χ4v) is 2.06. The number of nitrogens with one attached hydrogen (secondary N) is 1. The predicted molar refractivity (Wildman–Crippen MR) is 97.5 cm³/mol. The van der Waals surface area contributed by atoms with Gasteiger partial charge in [0, 0.05) is 17.8 Å². The van der Waals surface area contributed by atoms with E-state index in [0.717, 1.165) is 0 Å². The number of nitrogens with zero attached hydrogens (tertiary/aromatic N) is 2. The minimum Gasteiger partial charge on any atom is -0.490 e. The Balaban J connectivity index is 2.19. The lowest BCUT2D eigenvalue weighted by molar-refractivity contribution is -0.384. The minimum absolute atomic E-state index is 0.141. The van der Waals surface area contributed by atoms with E-state index in [-0.39, 0.29) is 16.9 Å². The summed E-state index contributed by atoms with van der Waals surface area (Å²) in [4.78, 5) is 22.5. The van der Waals surface area contributed by atoms with Crippen molar-refractivity contribution in [2.45, 2.75) is 0 Å². The first kappa shape index (κ1) is 18.4. The van der Waals surface area contributed by atoms with Crippen LogP contribution in [0, 0.1) is 21.4 Å². The number of nitriles is 1. The molecule has 130 valence electrons. The number of hydrogen-bond acceptors (Lipinski definition) is 5. The van der Waals surface area contributed by atoms with Gasteiger partial charge in [-0.05, 0) is 29.8 Å². The Morgan fingerprint density at radius 2 is 2.08 bits per heavy atom. The van der Waals surface area contributed by atoms with Crippen LogP contribution in [0.2, 0.25) is 0 Å². The first-order valence-electron chi connectivity index (χ1n) is 7.55. The number of hydrogen-bond donors (Lipinski definition) is 1. The zero-order valence-corrected chi connectivity index (χ0v) is 13.7. The van der Waals surface area contributed by atoms with Crippen LogP contribution in [0.4, 0.5) is 11.4 Å². The highest BCUT2D eigenvalue weighted by atomic mass is 16.6. The van der Waals surface area contributed by atoms with Crippen molar-refractivity contribution in [3.63, 3.8) is 0 Å². The molecule has 1 N–H and O–H groups in total. The molecule has 0 unspecified atom stereocenters. The van der Waals surface area contributed by atoms with Gasteiger partial charge >= 0.3 is 0 Å². The molecule has 0 heterocycles. The maximum Gasteiger partial charge on any atom is 0.271 e. The lowest BCUT2D eigenvalue weighted by Crippen LogP contribution is -2.13. The fraction of sp³-hybridized carbons (Fsp3) is 0.0526. The van der Waals surface area contributed by atoms with Crippen molar-refractivity contribution in [3.05, 3.63) is 82.4 Å². The van der Waals surface area contributed by atoms with Crippen molar-refractivity contribution in [2.24, 2.45) is 0 Å². The molecule has 0 atom stereocenters. The lowest BCUT2D eigenvalue weighted by atomic mass is 10.1. The average molecular weight is 349 g/mol. The summed E-state index contributed by atoms with van der Waals surface area (Å²) < 4.78 is 5.41. The highest BCUT2D eigenvalue weighted by molar-refractivity contribution is 6.09. The standard InChI is InChI=1S/C19H15N3O4/c1-2-9-26-18-8-3-5-14(11-18)10-15(13-20)19(23)21-16-6-4-7-17(12-16)22(24)25/h2-8,10-12H,1,9H2,(H,21,23)/b15-10-. The summed E-state index contributed by atoms with van der Waals surface area (Å²) in [7, 11) is 0. The highest BCUT2D eigenvalue weighted by Crippen LogP contribution is 2.19. The second kappa shape index (κ2) is 8.80. The number of nitro groups is 1. The summed E-state index contributed by atoms with van der Waals surface area (Å²) in [5.41, 5.74) is 0.542. The second-order valence-corrected chi connectivity index (χ2v) is 5.10. The minimum atomic E-state index is -0.662. The van der Waals surface area contributed by atoms with Crippen LogP contribution in [0.3, 0.4) is 0 Å². The molecule has 2 rings (SSSR count). The molecule has 26 heavy (non-hydrogen) atoms. The molecule has 0 spiro atoms. The van der Waals surface area contributed by atoms with Crippen molar-refractivity contribution >= 4 is 23.4 Å². The van der Waals surface area contributed by atoms with Gasteiger partial charge in [0.15, 0.2) is 0 Å². The van der Waals surface area contributed by atoms with E-state index in [4.69, 9.17) is 4.74 Å². The van der Waals surface area contributed by atoms with Gasteiger partial charge < -0.3 is 10.1 Å². The van der Waals surface area contributed by atoms with Crippen molar-refractivity contribution < 1.29 is 14.5 Å². The van der Waals surface area contributed by atoms with E-state index in [1.807, 2.05) is 6.07 Å². The molecule has 1 amide bonds. The van der Waals surface area contributed by atoms with Gasteiger partial charge in [0.05, 0.1) is 4.92 Å². The molecule has 0 aromatic heterocycles. The third kappa shape index (κ3) is 5.04. The Labute approximate surface area is 150 Å². The number of ether oxygens (including phenoxy) is 1. The maximum absolute atomic E-state index is 12.3. The molecule has 7 nitrogen and oxygen atoms in total. The van der Waals surface area contributed by atoms with Crippen LogP contribution in [0.25, 0.3) is 6.08 Å². The molecule has 0 aliphatic rings. The number of amides is 1. The van der Waals surface area contributed by atoms with Crippen LogP contribution < -0.4 is 10.1 Å². The number of rotatable bonds is 7. The largest absolute Gasteiger partial charge is 0.490 e. The topological polar surface area (TPSA) is 105 Å². The van der Waals surface area contributed by atoms with Gasteiger partial charge in [0.25, 0.3) is 11.6 Å². The normalized spacial score (nSPS) is 10.5. The molecule has 0 saturated heterocycles. The van der Waals surface area contributed by atoms with Crippen molar-refractivity contribution in [1.82, 2.24) is 0 Å². The Bertz CT molecular complexity index is 913. The molecule has 0 aliphatic carbocycles. The molecule has 0 bridgehead atoms. The van der Waals surface area contributed by atoms with Gasteiger partial charge in [-0.3, -0.25) is 14.9 Å². The monoisotopic (exact) mass is 349 g/mol. The highest BCUT2D eigenvalue weighted by Gasteiger charge is 2.12. The van der Waals surface area contributed by atoms with Crippen molar-refractivity contribution in [1.29, 1.82) is 5.26 Å². The molecule has 0 aliphatic heterocycles. The van der Waals surface area contributed by atoms with Gasteiger partial charge in [-0.2, -0.15) is 5.26 Å². The Hall–Kier alpha value is -3.92. The molecule has 0 saturated carbocycles. The summed E-state index contributed by atoms with van der Waals surface area (Å²) in [5.74, 6) is -0.0829. The molecular formula is C19H15N3O4. The first-order chi connectivity index (χ1) is 12.5. The lowest BCUT2D eigenvalue weighted by Gasteiger charge is -2.06. The van der Waals surface area contributed by atoms with Crippen molar-refractivity contribution in [3.8, 4) is 11.8 Å². The molecule has 2 aromatic carbocycles. The summed E-state index contributed by atoms with van der Waals surface area (Å²) in [6.45, 7) is 3.90. The smallest absolute Gasteiger partial charge is 0.271 e. The number of benzene rings is 2. The van der Waals surface area contributed by atoms with Crippen molar-refractivity contribution in [2.75, 3.05) is 11.9 Å². The molecule has 0 fully saturated rings. The third-order valence-electron chi connectivity index (χ3n) is 3.22. The summed E-state index contributed by atoms with van der Waals surface area (Å²) in [6.07, 6.45) is 3.02. The second-order valence-electron chi connectivity index (χ2n) is 5.10. The van der Waals surface area contributed by atoms with Gasteiger partial charge in [-0.1, -0.05) is 30.9 Å². The molecular weight excluding hydrogens is 334 g/mol. The first-order valence-corrected chi connectivity index (χ1v) is 7.55. The zero-order valence-electron chi connectivity index (χ0n) is 13.7. The number of carbonyl (C=O) groups is 1.